The Labute approximate surface area is 143 Å². The van der Waals surface area contributed by atoms with Crippen molar-refractivity contribution in [2.75, 3.05) is 20.2 Å². The normalized spacial score (nSPS) is 21.9. The van der Waals surface area contributed by atoms with E-state index >= 15 is 0 Å². The van der Waals surface area contributed by atoms with Gasteiger partial charge in [-0.1, -0.05) is 19.1 Å². The number of hydrogen-bond acceptors (Lipinski definition) is 3. The first-order valence-electron chi connectivity index (χ1n) is 7.82. The number of alkyl halides is 3. The van der Waals surface area contributed by atoms with Crippen molar-refractivity contribution in [1.29, 1.82) is 0 Å². The number of amides is 1. The van der Waals surface area contributed by atoms with Crippen molar-refractivity contribution in [2.24, 2.45) is 5.41 Å². The number of carboxylic acid groups (broad SMARTS) is 1. The lowest BCUT2D eigenvalue weighted by molar-refractivity contribution is -0.227. The molecular formula is C17H20F3NO4. The van der Waals surface area contributed by atoms with Crippen molar-refractivity contribution in [2.45, 2.75) is 31.9 Å². The summed E-state index contributed by atoms with van der Waals surface area (Å²) in [6.45, 7) is 0.738. The van der Waals surface area contributed by atoms with Crippen LogP contribution in [0.4, 0.5) is 13.2 Å². The molecule has 25 heavy (non-hydrogen) atoms. The number of carbonyl (C=O) groups is 2. The van der Waals surface area contributed by atoms with Crippen LogP contribution in [-0.4, -0.2) is 48.3 Å². The van der Waals surface area contributed by atoms with Crippen LogP contribution in [0.15, 0.2) is 24.3 Å². The first-order chi connectivity index (χ1) is 11.6. The number of methoxy groups -OCH3 is 1. The topological polar surface area (TPSA) is 66.8 Å². The van der Waals surface area contributed by atoms with Gasteiger partial charge in [-0.05, 0) is 30.0 Å². The number of likely N-dealkylation sites (tertiary alicyclic amines) is 1. The maximum absolute atomic E-state index is 13.2. The van der Waals surface area contributed by atoms with Gasteiger partial charge in [-0.25, -0.2) is 0 Å². The maximum Gasteiger partial charge on any atom is 0.406 e. The highest BCUT2D eigenvalue weighted by Gasteiger charge is 2.64. The molecule has 2 atom stereocenters. The Morgan fingerprint density at radius 1 is 1.40 bits per heavy atom. The average molecular weight is 359 g/mol. The van der Waals surface area contributed by atoms with Crippen LogP contribution in [0.25, 0.3) is 0 Å². The van der Waals surface area contributed by atoms with Gasteiger partial charge in [0.25, 0.3) is 0 Å². The van der Waals surface area contributed by atoms with E-state index in [0.29, 0.717) is 5.75 Å². The smallest absolute Gasteiger partial charge is 0.406 e. The van der Waals surface area contributed by atoms with Gasteiger partial charge in [0.1, 0.15) is 5.75 Å². The van der Waals surface area contributed by atoms with E-state index < -0.39 is 36.4 Å². The van der Waals surface area contributed by atoms with Crippen LogP contribution < -0.4 is 4.74 Å². The summed E-state index contributed by atoms with van der Waals surface area (Å²) < 4.78 is 44.7. The molecule has 1 heterocycles. The Kier molecular flexibility index (Phi) is 5.29. The highest BCUT2D eigenvalue weighted by molar-refractivity contribution is 5.81. The summed E-state index contributed by atoms with van der Waals surface area (Å²) in [5.74, 6) is -2.02. The lowest BCUT2D eigenvalue weighted by atomic mass is 9.86. The quantitative estimate of drug-likeness (QED) is 0.878. The molecule has 1 aliphatic heterocycles. The number of halogens is 3. The van der Waals surface area contributed by atoms with Gasteiger partial charge in [0.15, 0.2) is 5.41 Å². The Hall–Kier alpha value is -2.25. The van der Waals surface area contributed by atoms with E-state index in [9.17, 15) is 22.8 Å². The predicted octanol–water partition coefficient (Wildman–Crippen LogP) is 3.05. The van der Waals surface area contributed by atoms with Crippen LogP contribution in [0, 0.1) is 5.41 Å². The monoisotopic (exact) mass is 359 g/mol. The van der Waals surface area contributed by atoms with Crippen LogP contribution in [0.5, 0.6) is 5.75 Å². The first-order valence-corrected chi connectivity index (χ1v) is 7.82. The van der Waals surface area contributed by atoms with E-state index in [4.69, 9.17) is 9.84 Å². The van der Waals surface area contributed by atoms with Crippen LogP contribution in [0.2, 0.25) is 0 Å². The second-order valence-corrected chi connectivity index (χ2v) is 6.33. The number of rotatable bonds is 5. The minimum atomic E-state index is -4.90. The summed E-state index contributed by atoms with van der Waals surface area (Å²) >= 11 is 0. The molecular weight excluding hydrogens is 339 g/mol. The zero-order chi connectivity index (χ0) is 18.8. The number of benzene rings is 1. The van der Waals surface area contributed by atoms with Crippen LogP contribution in [-0.2, 0) is 9.59 Å². The van der Waals surface area contributed by atoms with E-state index in [-0.39, 0.29) is 18.9 Å². The molecule has 2 rings (SSSR count). The predicted molar refractivity (Wildman–Crippen MR) is 83.3 cm³/mol. The molecule has 0 saturated carbocycles. The van der Waals surface area contributed by atoms with E-state index in [0.717, 1.165) is 10.5 Å². The maximum atomic E-state index is 13.2. The van der Waals surface area contributed by atoms with E-state index in [2.05, 4.69) is 0 Å². The van der Waals surface area contributed by atoms with Gasteiger partial charge in [-0.3, -0.25) is 9.59 Å². The third-order valence-corrected chi connectivity index (χ3v) is 4.72. The number of ether oxygens (including phenoxy) is 1. The second-order valence-electron chi connectivity index (χ2n) is 6.33. The molecule has 138 valence electrons. The van der Waals surface area contributed by atoms with Crippen molar-refractivity contribution in [1.82, 2.24) is 4.90 Å². The van der Waals surface area contributed by atoms with Gasteiger partial charge in [-0.2, -0.15) is 13.2 Å². The average Bonchev–Trinajstić information content (AvgIpc) is 3.01. The first kappa shape index (κ1) is 19.1. The third kappa shape index (κ3) is 3.72. The molecule has 5 nitrogen and oxygen atoms in total. The lowest BCUT2D eigenvalue weighted by Crippen LogP contribution is -2.47. The Morgan fingerprint density at radius 2 is 2.08 bits per heavy atom. The molecule has 1 aromatic rings. The largest absolute Gasteiger partial charge is 0.497 e. The van der Waals surface area contributed by atoms with Gasteiger partial charge >= 0.3 is 12.1 Å². The summed E-state index contributed by atoms with van der Waals surface area (Å²) in [5, 5.41) is 9.04. The van der Waals surface area contributed by atoms with Crippen molar-refractivity contribution < 1.29 is 32.6 Å². The number of hydrogen-bond donors (Lipinski definition) is 1. The summed E-state index contributed by atoms with van der Waals surface area (Å²) in [6.07, 6.45) is -5.52. The van der Waals surface area contributed by atoms with Gasteiger partial charge in [0, 0.05) is 19.5 Å². The highest BCUT2D eigenvalue weighted by Crippen LogP contribution is 2.46. The fourth-order valence-electron chi connectivity index (χ4n) is 3.01. The number of carboxylic acids is 1. The molecule has 0 aromatic heterocycles. The van der Waals surface area contributed by atoms with Gasteiger partial charge in [0.2, 0.25) is 5.91 Å². The molecule has 1 aromatic carbocycles. The number of aliphatic carboxylic acids is 1. The molecule has 1 fully saturated rings. The van der Waals surface area contributed by atoms with Crippen LogP contribution >= 0.6 is 0 Å². The molecule has 1 aliphatic rings. The SMILES string of the molecule is COc1cccc(C(C)CC(=O)N2CCC(C(=O)O)(C(F)(F)F)C2)c1. The Balaban J connectivity index is 2.08. The second kappa shape index (κ2) is 6.93. The summed E-state index contributed by atoms with van der Waals surface area (Å²) in [4.78, 5) is 24.5. The standard InChI is InChI=1S/C17H20F3NO4/c1-11(12-4-3-5-13(9-12)25-2)8-14(22)21-7-6-16(10-21,15(23)24)17(18,19)20/h3-5,9,11H,6-8,10H2,1-2H3,(H,23,24). The number of carbonyl (C=O) groups excluding carboxylic acids is 1. The fraction of sp³-hybridized carbons (Fsp3) is 0.529. The zero-order valence-electron chi connectivity index (χ0n) is 14.0. The summed E-state index contributed by atoms with van der Waals surface area (Å²) in [6, 6.07) is 7.09. The van der Waals surface area contributed by atoms with Crippen molar-refractivity contribution >= 4 is 11.9 Å². The summed E-state index contributed by atoms with van der Waals surface area (Å²) in [5.41, 5.74) is -2.05. The Bertz CT molecular complexity index is 662. The van der Waals surface area contributed by atoms with E-state index in [1.165, 1.54) is 7.11 Å². The van der Waals surface area contributed by atoms with E-state index in [1.807, 2.05) is 6.07 Å². The van der Waals surface area contributed by atoms with Crippen LogP contribution in [0.1, 0.15) is 31.2 Å². The molecule has 0 bridgehead atoms. The minimum Gasteiger partial charge on any atom is -0.497 e. The number of nitrogens with zero attached hydrogens (tertiary/aromatic N) is 1. The molecule has 1 saturated heterocycles. The highest BCUT2D eigenvalue weighted by atomic mass is 19.4. The molecule has 1 amide bonds. The zero-order valence-corrected chi connectivity index (χ0v) is 14.0. The van der Waals surface area contributed by atoms with Gasteiger partial charge in [0.05, 0.1) is 7.11 Å². The molecule has 0 spiro atoms. The third-order valence-electron chi connectivity index (χ3n) is 4.72. The fourth-order valence-corrected chi connectivity index (χ4v) is 3.01. The molecule has 1 N–H and O–H groups in total. The summed E-state index contributed by atoms with van der Waals surface area (Å²) in [7, 11) is 1.52. The van der Waals surface area contributed by atoms with Crippen molar-refractivity contribution in [3.8, 4) is 5.75 Å². The molecule has 0 radical (unpaired) electrons. The Morgan fingerprint density at radius 3 is 2.60 bits per heavy atom. The van der Waals surface area contributed by atoms with E-state index in [1.54, 1.807) is 25.1 Å². The minimum absolute atomic E-state index is 0.000718. The van der Waals surface area contributed by atoms with Crippen molar-refractivity contribution in [3.05, 3.63) is 29.8 Å². The lowest BCUT2D eigenvalue weighted by Gasteiger charge is -2.27. The van der Waals surface area contributed by atoms with Crippen LogP contribution in [0.3, 0.4) is 0 Å². The van der Waals surface area contributed by atoms with Gasteiger partial charge < -0.3 is 14.7 Å². The molecule has 0 aliphatic carbocycles. The molecule has 2 unspecified atom stereocenters. The van der Waals surface area contributed by atoms with Gasteiger partial charge in [-0.15, -0.1) is 0 Å². The molecule has 8 heteroatoms. The van der Waals surface area contributed by atoms with Crippen molar-refractivity contribution in [3.63, 3.8) is 0 Å².